The molecule has 1 aromatic carbocycles. The Bertz CT molecular complexity index is 828. The molecule has 3 aromatic rings. The summed E-state index contributed by atoms with van der Waals surface area (Å²) in [6, 6.07) is 7.66. The molecule has 0 atom stereocenters. The van der Waals surface area contributed by atoms with Crippen molar-refractivity contribution in [2.75, 3.05) is 17.4 Å². The van der Waals surface area contributed by atoms with E-state index in [4.69, 9.17) is 0 Å². The van der Waals surface area contributed by atoms with E-state index in [9.17, 15) is 0 Å². The lowest BCUT2D eigenvalue weighted by Crippen LogP contribution is -2.06. The first kappa shape index (κ1) is 18.1. The van der Waals surface area contributed by atoms with Gasteiger partial charge in [-0.05, 0) is 24.3 Å². The Hall–Kier alpha value is -3.22. The van der Waals surface area contributed by atoms with Crippen LogP contribution in [0.3, 0.4) is 0 Å². The molecule has 25 heavy (non-hydrogen) atoms. The third kappa shape index (κ3) is 3.82. The second kappa shape index (κ2) is 8.58. The largest absolute Gasteiger partial charge is 0.372 e. The first-order valence-electron chi connectivity index (χ1n) is 8.06. The van der Waals surface area contributed by atoms with Crippen LogP contribution in [0.15, 0.2) is 48.3 Å². The Kier molecular flexibility index (Phi) is 6.22. The van der Waals surface area contributed by atoms with E-state index in [-0.39, 0.29) is 0 Å². The highest BCUT2D eigenvalue weighted by atomic mass is 15.4. The summed E-state index contributed by atoms with van der Waals surface area (Å²) in [4.78, 5) is 0. The Labute approximate surface area is 147 Å². The quantitative estimate of drug-likeness (QED) is 0.542. The third-order valence-corrected chi connectivity index (χ3v) is 3.36. The molecule has 0 aliphatic rings. The maximum atomic E-state index is 4.23. The number of nitrogens with one attached hydrogen (secondary N) is 2. The van der Waals surface area contributed by atoms with Gasteiger partial charge in [0.25, 0.3) is 0 Å². The monoisotopic (exact) mass is 337 g/mol. The molecule has 2 N–H and O–H groups in total. The Morgan fingerprint density at radius 2 is 2.00 bits per heavy atom. The van der Waals surface area contributed by atoms with Crippen LogP contribution in [0.5, 0.6) is 0 Å². The smallest absolute Gasteiger partial charge is 0.148 e. The summed E-state index contributed by atoms with van der Waals surface area (Å²) < 4.78 is 0. The highest BCUT2D eigenvalue weighted by Gasteiger charge is 2.13. The number of fused-ring (bicyclic) bond motifs is 1. The fraction of sp³-hybridized carbons (Fsp3) is 0.222. The van der Waals surface area contributed by atoms with Crippen LogP contribution < -0.4 is 10.3 Å². The molecule has 0 aliphatic carbocycles. The summed E-state index contributed by atoms with van der Waals surface area (Å²) in [5.74, 6) is 0.718. The van der Waals surface area contributed by atoms with Crippen molar-refractivity contribution in [1.29, 1.82) is 0 Å². The van der Waals surface area contributed by atoms with Gasteiger partial charge in [-0.3, -0.25) is 5.10 Å². The van der Waals surface area contributed by atoms with Gasteiger partial charge in [0.2, 0.25) is 0 Å². The second-order valence-electron chi connectivity index (χ2n) is 5.22. The molecule has 0 fully saturated rings. The summed E-state index contributed by atoms with van der Waals surface area (Å²) in [6.07, 6.45) is 4.58. The normalized spacial score (nSPS) is 9.88. The number of aromatic nitrogens is 4. The van der Waals surface area contributed by atoms with E-state index in [1.807, 2.05) is 24.3 Å². The number of H-pyrrole nitrogens is 1. The van der Waals surface area contributed by atoms with Gasteiger partial charge in [-0.15, -0.1) is 10.2 Å². The van der Waals surface area contributed by atoms with Crippen LogP contribution >= 0.6 is 0 Å². The molecular weight excluding hydrogens is 314 g/mol. The topological polar surface area (TPSA) is 82.1 Å². The molecule has 0 amide bonds. The summed E-state index contributed by atoms with van der Waals surface area (Å²) in [7, 11) is 1.80. The lowest BCUT2D eigenvalue weighted by Gasteiger charge is -2.15. The van der Waals surface area contributed by atoms with Gasteiger partial charge < -0.3 is 5.32 Å². The molecule has 0 saturated carbocycles. The highest BCUT2D eigenvalue weighted by molar-refractivity contribution is 6.00. The van der Waals surface area contributed by atoms with Gasteiger partial charge >= 0.3 is 0 Å². The van der Waals surface area contributed by atoms with E-state index in [0.29, 0.717) is 0 Å². The molecule has 0 aliphatic heterocycles. The van der Waals surface area contributed by atoms with Gasteiger partial charge in [0.05, 0.1) is 23.1 Å². The van der Waals surface area contributed by atoms with E-state index in [1.165, 1.54) is 6.42 Å². The van der Waals surface area contributed by atoms with E-state index in [0.717, 1.165) is 33.7 Å². The molecule has 0 unspecified atom stereocenters. The van der Waals surface area contributed by atoms with Crippen LogP contribution in [0.2, 0.25) is 0 Å². The maximum absolute atomic E-state index is 4.23. The minimum absolute atomic E-state index is 0.718. The van der Waals surface area contributed by atoms with E-state index < -0.39 is 0 Å². The van der Waals surface area contributed by atoms with E-state index >= 15 is 0 Å². The zero-order chi connectivity index (χ0) is 18.2. The lowest BCUT2D eigenvalue weighted by atomic mass is 10.1. The molecule has 0 spiro atoms. The van der Waals surface area contributed by atoms with Crippen molar-refractivity contribution in [1.82, 2.24) is 20.4 Å². The molecule has 2 heterocycles. The van der Waals surface area contributed by atoms with Crippen LogP contribution in [0.4, 0.5) is 11.5 Å². The molecule has 2 aromatic heterocycles. The molecule has 0 saturated heterocycles. The zero-order valence-electron chi connectivity index (χ0n) is 14.8. The number of hydrogen-bond donors (Lipinski definition) is 2. The van der Waals surface area contributed by atoms with Crippen molar-refractivity contribution in [3.8, 4) is 11.3 Å². The minimum Gasteiger partial charge on any atom is -0.372 e. The maximum Gasteiger partial charge on any atom is 0.148 e. The standard InChI is InChI=1S/C15H15N7.C3H8/c1-4-22(17-3)13-7-5-10(15-11(13)9-18-21-15)12-6-8-14(16-2)20-19-12;1-3-2/h4-9H,1,3H2,2H3,(H,16,20)(H,18,21);3H2,1-2H3. The van der Waals surface area contributed by atoms with Crippen LogP contribution in [0.25, 0.3) is 22.2 Å². The predicted octanol–water partition coefficient (Wildman–Crippen LogP) is 4.04. The molecular formula is C18H23N7. The average Bonchev–Trinajstić information content (AvgIpc) is 3.13. The van der Waals surface area contributed by atoms with Gasteiger partial charge in [-0.25, -0.2) is 5.01 Å². The summed E-state index contributed by atoms with van der Waals surface area (Å²) in [5, 5.41) is 24.8. The number of hydrazone groups is 1. The number of rotatable bonds is 5. The van der Waals surface area contributed by atoms with Crippen LogP contribution in [-0.2, 0) is 0 Å². The molecule has 0 bridgehead atoms. The number of benzene rings is 1. The first-order valence-corrected chi connectivity index (χ1v) is 8.06. The van der Waals surface area contributed by atoms with Gasteiger partial charge in [-0.1, -0.05) is 26.8 Å². The van der Waals surface area contributed by atoms with Crippen molar-refractivity contribution in [3.05, 3.63) is 43.2 Å². The molecule has 3 rings (SSSR count). The SMILES string of the molecule is C=CN(N=C)c1ccc(-c2ccc(NC)nn2)c2[nH]ncc12.CCC. The van der Waals surface area contributed by atoms with E-state index in [2.05, 4.69) is 58.0 Å². The summed E-state index contributed by atoms with van der Waals surface area (Å²) in [5.41, 5.74) is 3.38. The Morgan fingerprint density at radius 1 is 1.24 bits per heavy atom. The second-order valence-corrected chi connectivity index (χ2v) is 5.22. The van der Waals surface area contributed by atoms with Crippen molar-refractivity contribution in [2.45, 2.75) is 20.3 Å². The number of hydrogen-bond acceptors (Lipinski definition) is 6. The van der Waals surface area contributed by atoms with Crippen LogP contribution in [0, 0.1) is 0 Å². The van der Waals surface area contributed by atoms with E-state index in [1.54, 1.807) is 24.5 Å². The zero-order valence-corrected chi connectivity index (χ0v) is 14.8. The average molecular weight is 337 g/mol. The molecule has 7 nitrogen and oxygen atoms in total. The fourth-order valence-electron chi connectivity index (χ4n) is 2.28. The Balaban J connectivity index is 0.000000701. The number of nitrogens with zero attached hydrogens (tertiary/aromatic N) is 5. The van der Waals surface area contributed by atoms with Gasteiger partial charge in [0, 0.05) is 30.9 Å². The molecule has 130 valence electrons. The molecule has 0 radical (unpaired) electrons. The summed E-state index contributed by atoms with van der Waals surface area (Å²) >= 11 is 0. The van der Waals surface area contributed by atoms with Crippen molar-refractivity contribution in [3.63, 3.8) is 0 Å². The highest BCUT2D eigenvalue weighted by Crippen LogP contribution is 2.33. The fourth-order valence-corrected chi connectivity index (χ4v) is 2.28. The van der Waals surface area contributed by atoms with Crippen LogP contribution in [-0.4, -0.2) is 34.2 Å². The first-order chi connectivity index (χ1) is 12.2. The minimum atomic E-state index is 0.718. The van der Waals surface area contributed by atoms with Crippen molar-refractivity contribution in [2.24, 2.45) is 5.10 Å². The Morgan fingerprint density at radius 3 is 2.56 bits per heavy atom. The van der Waals surface area contributed by atoms with Gasteiger partial charge in [0.15, 0.2) is 0 Å². The summed E-state index contributed by atoms with van der Waals surface area (Å²) in [6.45, 7) is 11.5. The number of aromatic amines is 1. The molecule has 7 heteroatoms. The van der Waals surface area contributed by atoms with Gasteiger partial charge in [-0.2, -0.15) is 10.2 Å². The van der Waals surface area contributed by atoms with Crippen molar-refractivity contribution >= 4 is 29.1 Å². The number of anilines is 2. The van der Waals surface area contributed by atoms with Gasteiger partial charge in [0.1, 0.15) is 5.82 Å². The third-order valence-electron chi connectivity index (χ3n) is 3.36. The lowest BCUT2D eigenvalue weighted by molar-refractivity contribution is 1.04. The van der Waals surface area contributed by atoms with Crippen molar-refractivity contribution < 1.29 is 0 Å². The van der Waals surface area contributed by atoms with Crippen LogP contribution in [0.1, 0.15) is 20.3 Å². The predicted molar refractivity (Wildman–Crippen MR) is 105 cm³/mol.